The van der Waals surface area contributed by atoms with Crippen molar-refractivity contribution in [1.29, 1.82) is 0 Å². The second-order valence-electron chi connectivity index (χ2n) is 6.43. The van der Waals surface area contributed by atoms with Gasteiger partial charge in [0.05, 0.1) is 31.4 Å². The first-order valence-electron chi connectivity index (χ1n) is 9.09. The Bertz CT molecular complexity index is 934. The van der Waals surface area contributed by atoms with Crippen LogP contribution < -0.4 is 9.47 Å². The molecule has 0 aliphatic carbocycles. The lowest BCUT2D eigenvalue weighted by atomic mass is 9.94. The maximum Gasteiger partial charge on any atom is 0.295 e. The summed E-state index contributed by atoms with van der Waals surface area (Å²) in [5.41, 5.74) is 1.04. The van der Waals surface area contributed by atoms with Crippen LogP contribution in [0.4, 0.5) is 0 Å². The fourth-order valence-corrected chi connectivity index (χ4v) is 3.55. The molecule has 1 aliphatic heterocycles. The molecule has 0 bridgehead atoms. The van der Waals surface area contributed by atoms with Gasteiger partial charge in [-0.2, -0.15) is 0 Å². The molecule has 0 radical (unpaired) electrons. The summed E-state index contributed by atoms with van der Waals surface area (Å²) >= 11 is 0. The van der Waals surface area contributed by atoms with Crippen LogP contribution in [0.15, 0.2) is 54.1 Å². The zero-order chi connectivity index (χ0) is 20.3. The monoisotopic (exact) mass is 381 g/mol. The Labute approximate surface area is 164 Å². The molecule has 0 saturated carbocycles. The van der Waals surface area contributed by atoms with Crippen molar-refractivity contribution in [1.82, 2.24) is 4.90 Å². The number of hydrogen-bond acceptors (Lipinski definition) is 5. The molecule has 1 heterocycles. The Morgan fingerprint density at radius 2 is 1.61 bits per heavy atom. The number of methoxy groups -OCH3 is 2. The molecule has 3 rings (SSSR count). The van der Waals surface area contributed by atoms with Crippen molar-refractivity contribution in [2.45, 2.75) is 19.4 Å². The summed E-state index contributed by atoms with van der Waals surface area (Å²) in [6, 6.07) is 13.3. The number of likely N-dealkylation sites (tertiary alicyclic amines) is 1. The molecule has 146 valence electrons. The summed E-state index contributed by atoms with van der Waals surface area (Å²) in [6.07, 6.45) is 0.674. The summed E-state index contributed by atoms with van der Waals surface area (Å²) < 4.78 is 10.8. The number of hydrogen-bond donors (Lipinski definition) is 1. The van der Waals surface area contributed by atoms with Gasteiger partial charge in [0.15, 0.2) is 0 Å². The maximum absolute atomic E-state index is 12.9. The fraction of sp³-hybridized carbons (Fsp3) is 0.273. The predicted molar refractivity (Wildman–Crippen MR) is 105 cm³/mol. The normalized spacial score (nSPS) is 18.4. The lowest BCUT2D eigenvalue weighted by Crippen LogP contribution is -2.30. The van der Waals surface area contributed by atoms with Crippen LogP contribution in [0.25, 0.3) is 5.76 Å². The Morgan fingerprint density at radius 3 is 2.25 bits per heavy atom. The van der Waals surface area contributed by atoms with Gasteiger partial charge in [-0.05, 0) is 24.6 Å². The summed E-state index contributed by atoms with van der Waals surface area (Å²) in [5.74, 6) is -0.644. The molecule has 1 fully saturated rings. The molecule has 1 unspecified atom stereocenters. The number of carbonyl (C=O) groups is 2. The number of ketones is 1. The standard InChI is InChI=1S/C22H23NO5/c1-4-13-23-19(14-9-5-7-11-16(14)27-2)18(21(25)22(23)26)20(24)15-10-6-8-12-17(15)28-3/h5-12,19,24H,4,13H2,1-3H3/b20-18+. The number of benzene rings is 2. The van der Waals surface area contributed by atoms with Crippen LogP contribution in [0.1, 0.15) is 30.5 Å². The number of aliphatic hydroxyl groups excluding tert-OH is 1. The molecule has 1 N–H and O–H groups in total. The summed E-state index contributed by atoms with van der Waals surface area (Å²) in [6.45, 7) is 2.31. The van der Waals surface area contributed by atoms with E-state index in [4.69, 9.17) is 9.47 Å². The number of carbonyl (C=O) groups excluding carboxylic acids is 2. The molecule has 2 aromatic rings. The van der Waals surface area contributed by atoms with E-state index in [1.165, 1.54) is 19.1 Å². The van der Waals surface area contributed by atoms with Gasteiger partial charge in [-0.1, -0.05) is 37.3 Å². The predicted octanol–water partition coefficient (Wildman–Crippen LogP) is 3.54. The van der Waals surface area contributed by atoms with Crippen LogP contribution in [0, 0.1) is 0 Å². The first-order valence-corrected chi connectivity index (χ1v) is 9.09. The summed E-state index contributed by atoms with van der Waals surface area (Å²) in [7, 11) is 3.02. The highest BCUT2D eigenvalue weighted by molar-refractivity contribution is 6.46. The summed E-state index contributed by atoms with van der Waals surface area (Å²) in [4.78, 5) is 27.1. The van der Waals surface area contributed by atoms with Gasteiger partial charge in [0.2, 0.25) is 0 Å². The summed E-state index contributed by atoms with van der Waals surface area (Å²) in [5, 5.41) is 11.1. The van der Waals surface area contributed by atoms with Crippen LogP contribution in [-0.4, -0.2) is 42.5 Å². The van der Waals surface area contributed by atoms with Crippen LogP contribution in [-0.2, 0) is 9.59 Å². The average Bonchev–Trinajstić information content (AvgIpc) is 2.98. The van der Waals surface area contributed by atoms with Crippen molar-refractivity contribution < 1.29 is 24.2 Å². The van der Waals surface area contributed by atoms with Gasteiger partial charge in [-0.25, -0.2) is 0 Å². The van der Waals surface area contributed by atoms with Crippen molar-refractivity contribution >= 4 is 17.4 Å². The van der Waals surface area contributed by atoms with Gasteiger partial charge in [0, 0.05) is 12.1 Å². The molecule has 2 aromatic carbocycles. The van der Waals surface area contributed by atoms with E-state index in [-0.39, 0.29) is 11.3 Å². The molecule has 28 heavy (non-hydrogen) atoms. The third kappa shape index (κ3) is 3.22. The lowest BCUT2D eigenvalue weighted by molar-refractivity contribution is -0.139. The third-order valence-electron chi connectivity index (χ3n) is 4.80. The molecule has 0 spiro atoms. The fourth-order valence-electron chi connectivity index (χ4n) is 3.55. The molecule has 6 nitrogen and oxygen atoms in total. The van der Waals surface area contributed by atoms with E-state index in [0.29, 0.717) is 35.6 Å². The Hall–Kier alpha value is -3.28. The van der Waals surface area contributed by atoms with Crippen LogP contribution in [0.3, 0.4) is 0 Å². The Morgan fingerprint density at radius 1 is 1.00 bits per heavy atom. The van der Waals surface area contributed by atoms with Gasteiger partial charge >= 0.3 is 0 Å². The van der Waals surface area contributed by atoms with Crippen molar-refractivity contribution in [2.24, 2.45) is 0 Å². The van der Waals surface area contributed by atoms with E-state index >= 15 is 0 Å². The average molecular weight is 381 g/mol. The van der Waals surface area contributed by atoms with Crippen LogP contribution in [0.2, 0.25) is 0 Å². The zero-order valence-corrected chi connectivity index (χ0v) is 16.1. The van der Waals surface area contributed by atoms with E-state index in [1.54, 1.807) is 36.4 Å². The molecular weight excluding hydrogens is 358 g/mol. The van der Waals surface area contributed by atoms with E-state index in [2.05, 4.69) is 0 Å². The quantitative estimate of drug-likeness (QED) is 0.471. The molecule has 1 amide bonds. The largest absolute Gasteiger partial charge is 0.507 e. The smallest absolute Gasteiger partial charge is 0.295 e. The van der Waals surface area contributed by atoms with E-state index < -0.39 is 17.7 Å². The molecular formula is C22H23NO5. The number of Topliss-reactive ketones (excluding diaryl/α,β-unsaturated/α-hetero) is 1. The number of amides is 1. The molecule has 6 heteroatoms. The third-order valence-corrected chi connectivity index (χ3v) is 4.80. The molecule has 1 aliphatic rings. The minimum absolute atomic E-state index is 0.0347. The van der Waals surface area contributed by atoms with E-state index in [9.17, 15) is 14.7 Å². The lowest BCUT2D eigenvalue weighted by Gasteiger charge is -2.26. The van der Waals surface area contributed by atoms with E-state index in [1.807, 2.05) is 19.1 Å². The van der Waals surface area contributed by atoms with Crippen molar-refractivity contribution in [2.75, 3.05) is 20.8 Å². The second-order valence-corrected chi connectivity index (χ2v) is 6.43. The van der Waals surface area contributed by atoms with Crippen molar-refractivity contribution in [3.8, 4) is 11.5 Å². The SMILES string of the molecule is CCCN1C(=O)C(=O)/C(=C(/O)c2ccccc2OC)C1c1ccccc1OC. The zero-order valence-electron chi connectivity index (χ0n) is 16.1. The molecule has 1 atom stereocenters. The van der Waals surface area contributed by atoms with Crippen molar-refractivity contribution in [3.05, 3.63) is 65.2 Å². The Kier molecular flexibility index (Phi) is 5.68. The van der Waals surface area contributed by atoms with Crippen LogP contribution >= 0.6 is 0 Å². The number of para-hydroxylation sites is 2. The molecule has 0 aromatic heterocycles. The maximum atomic E-state index is 12.9. The van der Waals surface area contributed by atoms with Gasteiger partial charge in [0.1, 0.15) is 17.3 Å². The van der Waals surface area contributed by atoms with Gasteiger partial charge < -0.3 is 19.5 Å². The minimum Gasteiger partial charge on any atom is -0.507 e. The highest BCUT2D eigenvalue weighted by Crippen LogP contribution is 2.43. The first-order chi connectivity index (χ1) is 13.5. The van der Waals surface area contributed by atoms with Crippen LogP contribution in [0.5, 0.6) is 11.5 Å². The first kappa shape index (κ1) is 19.5. The number of ether oxygens (including phenoxy) is 2. The van der Waals surface area contributed by atoms with E-state index in [0.717, 1.165) is 0 Å². The highest BCUT2D eigenvalue weighted by Gasteiger charge is 2.46. The number of aliphatic hydroxyl groups is 1. The molecule has 1 saturated heterocycles. The second kappa shape index (κ2) is 8.17. The number of rotatable bonds is 6. The highest BCUT2D eigenvalue weighted by atomic mass is 16.5. The Balaban J connectivity index is 2.27. The number of nitrogens with zero attached hydrogens (tertiary/aromatic N) is 1. The minimum atomic E-state index is -0.735. The topological polar surface area (TPSA) is 76.1 Å². The van der Waals surface area contributed by atoms with Gasteiger partial charge in [-0.3, -0.25) is 9.59 Å². The van der Waals surface area contributed by atoms with Crippen molar-refractivity contribution in [3.63, 3.8) is 0 Å². The van der Waals surface area contributed by atoms with Gasteiger partial charge in [0.25, 0.3) is 11.7 Å². The van der Waals surface area contributed by atoms with Gasteiger partial charge in [-0.15, -0.1) is 0 Å².